The highest BCUT2D eigenvalue weighted by atomic mass is 16.5. The van der Waals surface area contributed by atoms with Crippen molar-refractivity contribution in [2.45, 2.75) is 13.3 Å². The first-order chi connectivity index (χ1) is 9.28. The van der Waals surface area contributed by atoms with Gasteiger partial charge in [0.25, 0.3) is 0 Å². The van der Waals surface area contributed by atoms with Gasteiger partial charge in [0.05, 0.1) is 7.11 Å². The number of anilines is 1. The molecule has 0 aliphatic carbocycles. The number of hydrogen-bond donors (Lipinski definition) is 1. The molecule has 6 nitrogen and oxygen atoms in total. The molecule has 0 aliphatic heterocycles. The molecule has 0 aliphatic rings. The largest absolute Gasteiger partial charge is 0.493 e. The van der Waals surface area contributed by atoms with Gasteiger partial charge >= 0.3 is 0 Å². The lowest BCUT2D eigenvalue weighted by Crippen LogP contribution is -2.06. The Morgan fingerprint density at radius 1 is 1.47 bits per heavy atom. The second-order valence-electron chi connectivity index (χ2n) is 3.82. The minimum atomic E-state index is 0.543. The van der Waals surface area contributed by atoms with Gasteiger partial charge in [-0.15, -0.1) is 0 Å². The molecule has 0 saturated heterocycles. The third-order valence-electron chi connectivity index (χ3n) is 2.54. The maximum absolute atomic E-state index is 5.33. The molecule has 1 N–H and O–H groups in total. The Bertz CT molecular complexity index is 562. The Morgan fingerprint density at radius 3 is 2.89 bits per heavy atom. The van der Waals surface area contributed by atoms with E-state index < -0.39 is 0 Å². The molecular weight excluding hydrogens is 242 g/mol. The van der Waals surface area contributed by atoms with Gasteiger partial charge in [-0.05, 0) is 18.6 Å². The number of aromatic nitrogens is 4. The van der Waals surface area contributed by atoms with Crippen molar-refractivity contribution in [3.63, 3.8) is 0 Å². The smallest absolute Gasteiger partial charge is 0.198 e. The van der Waals surface area contributed by atoms with Gasteiger partial charge in [0.15, 0.2) is 17.4 Å². The number of methoxy groups -OCH3 is 1. The predicted molar refractivity (Wildman–Crippen MR) is 74.0 cm³/mol. The molecule has 0 spiro atoms. The standard InChI is InChI=1S/C13H17N5O/c1-4-6-10(19-3)13-16-11(14-2)9-12(17-13)18-8-5-7-15-18/h5-9H,4H2,1-3H3,(H,14,16,17)/b10-6-. The van der Waals surface area contributed by atoms with Crippen molar-refractivity contribution in [3.8, 4) is 5.82 Å². The van der Waals surface area contributed by atoms with E-state index in [2.05, 4.69) is 20.4 Å². The monoisotopic (exact) mass is 259 g/mol. The Hall–Kier alpha value is -2.37. The van der Waals surface area contributed by atoms with Crippen LogP contribution in [0.3, 0.4) is 0 Å². The summed E-state index contributed by atoms with van der Waals surface area (Å²) < 4.78 is 7.01. The molecule has 0 saturated carbocycles. The zero-order chi connectivity index (χ0) is 13.7. The Labute approximate surface area is 112 Å². The molecule has 0 fully saturated rings. The summed E-state index contributed by atoms with van der Waals surface area (Å²) in [6.45, 7) is 2.04. The SMILES string of the molecule is CC/C=C(\OC)c1nc(NC)cc(-n2cccn2)n1. The zero-order valence-corrected chi connectivity index (χ0v) is 11.3. The normalized spacial score (nSPS) is 11.4. The molecule has 2 aromatic heterocycles. The maximum atomic E-state index is 5.33. The van der Waals surface area contributed by atoms with Crippen molar-refractivity contribution in [2.75, 3.05) is 19.5 Å². The van der Waals surface area contributed by atoms with Gasteiger partial charge in [0.2, 0.25) is 0 Å². The molecule has 19 heavy (non-hydrogen) atoms. The summed E-state index contributed by atoms with van der Waals surface area (Å²) in [6.07, 6.45) is 6.34. The fraction of sp³-hybridized carbons (Fsp3) is 0.308. The highest BCUT2D eigenvalue weighted by molar-refractivity contribution is 5.56. The van der Waals surface area contributed by atoms with Crippen molar-refractivity contribution >= 4 is 11.6 Å². The van der Waals surface area contributed by atoms with Crippen LogP contribution in [0.1, 0.15) is 19.2 Å². The van der Waals surface area contributed by atoms with Crippen molar-refractivity contribution in [1.29, 1.82) is 0 Å². The van der Waals surface area contributed by atoms with Crippen LogP contribution in [0.25, 0.3) is 11.6 Å². The van der Waals surface area contributed by atoms with Crippen molar-refractivity contribution in [2.24, 2.45) is 0 Å². The van der Waals surface area contributed by atoms with E-state index in [0.717, 1.165) is 12.2 Å². The van der Waals surface area contributed by atoms with E-state index in [0.29, 0.717) is 17.4 Å². The Morgan fingerprint density at radius 2 is 2.32 bits per heavy atom. The van der Waals surface area contributed by atoms with Crippen molar-refractivity contribution in [3.05, 3.63) is 36.4 Å². The summed E-state index contributed by atoms with van der Waals surface area (Å²) in [6, 6.07) is 3.68. The molecule has 100 valence electrons. The van der Waals surface area contributed by atoms with Crippen molar-refractivity contribution < 1.29 is 4.74 Å². The van der Waals surface area contributed by atoms with E-state index in [9.17, 15) is 0 Å². The van der Waals surface area contributed by atoms with Gasteiger partial charge in [-0.2, -0.15) is 5.10 Å². The van der Waals surface area contributed by atoms with Gasteiger partial charge < -0.3 is 10.1 Å². The third-order valence-corrected chi connectivity index (χ3v) is 2.54. The van der Waals surface area contributed by atoms with Crippen LogP contribution in [0.5, 0.6) is 0 Å². The Balaban J connectivity index is 2.50. The molecule has 6 heteroatoms. The van der Waals surface area contributed by atoms with E-state index in [1.54, 1.807) is 18.0 Å². The summed E-state index contributed by atoms with van der Waals surface area (Å²) in [4.78, 5) is 8.86. The second-order valence-corrected chi connectivity index (χ2v) is 3.82. The van der Waals surface area contributed by atoms with Crippen molar-refractivity contribution in [1.82, 2.24) is 19.7 Å². The first-order valence-electron chi connectivity index (χ1n) is 6.09. The highest BCUT2D eigenvalue weighted by Gasteiger charge is 2.10. The molecule has 0 radical (unpaired) electrons. The Kier molecular flexibility index (Phi) is 4.12. The quantitative estimate of drug-likeness (QED) is 0.833. The molecule has 0 unspecified atom stereocenters. The summed E-state index contributed by atoms with van der Waals surface area (Å²) in [5, 5.41) is 7.19. The summed E-state index contributed by atoms with van der Waals surface area (Å²) in [5.41, 5.74) is 0. The summed E-state index contributed by atoms with van der Waals surface area (Å²) in [5.74, 6) is 2.61. The van der Waals surface area contributed by atoms with Gasteiger partial charge in [-0.25, -0.2) is 14.6 Å². The van der Waals surface area contributed by atoms with Crippen LogP contribution < -0.4 is 5.32 Å². The molecule has 2 heterocycles. The summed E-state index contributed by atoms with van der Waals surface area (Å²) >= 11 is 0. The number of nitrogens with zero attached hydrogens (tertiary/aromatic N) is 4. The van der Waals surface area contributed by atoms with Gasteiger partial charge in [-0.3, -0.25) is 0 Å². The van der Waals surface area contributed by atoms with E-state index in [1.807, 2.05) is 38.4 Å². The molecule has 0 aromatic carbocycles. The minimum absolute atomic E-state index is 0.543. The van der Waals surface area contributed by atoms with Gasteiger partial charge in [-0.1, -0.05) is 6.92 Å². The van der Waals surface area contributed by atoms with Crippen LogP contribution in [-0.4, -0.2) is 33.9 Å². The van der Waals surface area contributed by atoms with Crippen LogP contribution in [0, 0.1) is 0 Å². The molecule has 0 amide bonds. The molecule has 2 aromatic rings. The maximum Gasteiger partial charge on any atom is 0.198 e. The fourth-order valence-electron chi connectivity index (χ4n) is 1.65. The zero-order valence-electron chi connectivity index (χ0n) is 11.3. The molecule has 0 bridgehead atoms. The molecular formula is C13H17N5O. The minimum Gasteiger partial charge on any atom is -0.493 e. The average molecular weight is 259 g/mol. The number of allylic oxidation sites excluding steroid dienone is 1. The van der Waals surface area contributed by atoms with Crippen LogP contribution in [-0.2, 0) is 4.74 Å². The topological polar surface area (TPSA) is 64.9 Å². The lowest BCUT2D eigenvalue weighted by atomic mass is 10.3. The van der Waals surface area contributed by atoms with E-state index >= 15 is 0 Å². The lowest BCUT2D eigenvalue weighted by molar-refractivity contribution is 0.365. The van der Waals surface area contributed by atoms with E-state index in [-0.39, 0.29) is 0 Å². The number of nitrogens with one attached hydrogen (secondary N) is 1. The third kappa shape index (κ3) is 2.90. The molecule has 0 atom stereocenters. The summed E-state index contributed by atoms with van der Waals surface area (Å²) in [7, 11) is 3.43. The van der Waals surface area contributed by atoms with E-state index in [1.165, 1.54) is 0 Å². The molecule has 2 rings (SSSR count). The van der Waals surface area contributed by atoms with Crippen LogP contribution in [0.15, 0.2) is 30.6 Å². The highest BCUT2D eigenvalue weighted by Crippen LogP contribution is 2.17. The number of rotatable bonds is 5. The second kappa shape index (κ2) is 5.99. The average Bonchev–Trinajstić information content (AvgIpc) is 2.98. The lowest BCUT2D eigenvalue weighted by Gasteiger charge is -2.09. The van der Waals surface area contributed by atoms with Gasteiger partial charge in [0, 0.05) is 25.5 Å². The number of ether oxygens (including phenoxy) is 1. The predicted octanol–water partition coefficient (Wildman–Crippen LogP) is 2.10. The van der Waals surface area contributed by atoms with E-state index in [4.69, 9.17) is 4.74 Å². The van der Waals surface area contributed by atoms with Gasteiger partial charge in [0.1, 0.15) is 5.82 Å². The fourth-order valence-corrected chi connectivity index (χ4v) is 1.65. The van der Waals surface area contributed by atoms with Crippen LogP contribution in [0.4, 0.5) is 5.82 Å². The van der Waals surface area contributed by atoms with Crippen LogP contribution >= 0.6 is 0 Å². The number of hydrogen-bond acceptors (Lipinski definition) is 5. The first-order valence-corrected chi connectivity index (χ1v) is 6.09. The van der Waals surface area contributed by atoms with Crippen LogP contribution in [0.2, 0.25) is 0 Å². The first kappa shape index (κ1) is 13.1.